The van der Waals surface area contributed by atoms with Crippen LogP contribution in [-0.4, -0.2) is 64.6 Å². The predicted octanol–water partition coefficient (Wildman–Crippen LogP) is 2.90. The SMILES string of the molecule is O=S1(=O)CCN(Cc2cnc(-c3ccc(NCC4(c5ncccc5F)CCC4)nn3)s2)CC1. The second kappa shape index (κ2) is 9.03. The minimum Gasteiger partial charge on any atom is -0.368 e. The molecule has 11 heteroatoms. The Morgan fingerprint density at radius 1 is 1.12 bits per heavy atom. The molecule has 3 aromatic rings. The topological polar surface area (TPSA) is 101 Å². The molecule has 1 aliphatic carbocycles. The lowest BCUT2D eigenvalue weighted by atomic mass is 9.66. The van der Waals surface area contributed by atoms with Gasteiger partial charge in [0.15, 0.2) is 9.84 Å². The molecule has 0 radical (unpaired) electrons. The zero-order valence-electron chi connectivity index (χ0n) is 18.1. The van der Waals surface area contributed by atoms with E-state index in [0.717, 1.165) is 29.1 Å². The van der Waals surface area contributed by atoms with Crippen LogP contribution in [0.1, 0.15) is 29.8 Å². The van der Waals surface area contributed by atoms with Crippen molar-refractivity contribution in [1.82, 2.24) is 25.1 Å². The van der Waals surface area contributed by atoms with Gasteiger partial charge in [-0.3, -0.25) is 9.88 Å². The molecule has 5 rings (SSSR count). The molecular weight excluding hydrogens is 463 g/mol. The summed E-state index contributed by atoms with van der Waals surface area (Å²) in [5, 5.41) is 12.7. The lowest BCUT2D eigenvalue weighted by Crippen LogP contribution is -2.42. The van der Waals surface area contributed by atoms with E-state index in [1.807, 2.05) is 18.3 Å². The van der Waals surface area contributed by atoms with Gasteiger partial charge in [-0.1, -0.05) is 6.42 Å². The van der Waals surface area contributed by atoms with Gasteiger partial charge >= 0.3 is 0 Å². The van der Waals surface area contributed by atoms with Gasteiger partial charge in [-0.15, -0.1) is 21.5 Å². The van der Waals surface area contributed by atoms with Gasteiger partial charge in [0.1, 0.15) is 22.3 Å². The van der Waals surface area contributed by atoms with Crippen molar-refractivity contribution in [3.8, 4) is 10.7 Å². The summed E-state index contributed by atoms with van der Waals surface area (Å²) in [5.41, 5.74) is 0.908. The van der Waals surface area contributed by atoms with Crippen LogP contribution >= 0.6 is 11.3 Å². The summed E-state index contributed by atoms with van der Waals surface area (Å²) in [6.07, 6.45) is 6.30. The molecule has 2 fully saturated rings. The Hall–Kier alpha value is -2.50. The average Bonchev–Trinajstić information content (AvgIpc) is 3.24. The highest BCUT2D eigenvalue weighted by Crippen LogP contribution is 2.43. The molecule has 0 aromatic carbocycles. The fourth-order valence-corrected chi connectivity index (χ4v) is 6.50. The van der Waals surface area contributed by atoms with Crippen molar-refractivity contribution in [2.45, 2.75) is 31.2 Å². The number of rotatable bonds is 7. The summed E-state index contributed by atoms with van der Waals surface area (Å²) in [5.74, 6) is 0.804. The van der Waals surface area contributed by atoms with Crippen molar-refractivity contribution in [1.29, 1.82) is 0 Å². The van der Waals surface area contributed by atoms with Crippen LogP contribution in [0.2, 0.25) is 0 Å². The molecule has 8 nitrogen and oxygen atoms in total. The monoisotopic (exact) mass is 488 g/mol. The number of nitrogens with one attached hydrogen (secondary N) is 1. The first-order valence-electron chi connectivity index (χ1n) is 11.0. The fourth-order valence-electron chi connectivity index (χ4n) is 4.30. The van der Waals surface area contributed by atoms with Crippen LogP contribution in [0, 0.1) is 5.82 Å². The van der Waals surface area contributed by atoms with Gasteiger partial charge in [-0.05, 0) is 37.1 Å². The number of thiazole rings is 1. The number of anilines is 1. The number of sulfone groups is 1. The maximum Gasteiger partial charge on any atom is 0.152 e. The average molecular weight is 489 g/mol. The number of nitrogens with zero attached hydrogens (tertiary/aromatic N) is 5. The number of halogens is 1. The highest BCUT2D eigenvalue weighted by atomic mass is 32.2. The Morgan fingerprint density at radius 3 is 2.61 bits per heavy atom. The molecule has 0 amide bonds. The van der Waals surface area contributed by atoms with E-state index in [4.69, 9.17) is 0 Å². The van der Waals surface area contributed by atoms with Crippen molar-refractivity contribution in [3.63, 3.8) is 0 Å². The number of aromatic nitrogens is 4. The van der Waals surface area contributed by atoms with E-state index in [1.165, 1.54) is 17.4 Å². The molecule has 3 aromatic heterocycles. The highest BCUT2D eigenvalue weighted by Gasteiger charge is 2.41. The van der Waals surface area contributed by atoms with E-state index >= 15 is 0 Å². The molecule has 1 saturated heterocycles. The number of hydrogen-bond donors (Lipinski definition) is 1. The van der Waals surface area contributed by atoms with Crippen molar-refractivity contribution < 1.29 is 12.8 Å². The maximum absolute atomic E-state index is 14.3. The van der Waals surface area contributed by atoms with E-state index < -0.39 is 9.84 Å². The molecule has 2 aliphatic rings. The second-order valence-electron chi connectivity index (χ2n) is 8.68. The molecule has 1 N–H and O–H groups in total. The zero-order chi connectivity index (χ0) is 22.9. The molecule has 4 heterocycles. The third-order valence-corrected chi connectivity index (χ3v) is 9.05. The van der Waals surface area contributed by atoms with Crippen LogP contribution < -0.4 is 5.32 Å². The Bertz CT molecular complexity index is 1210. The molecule has 174 valence electrons. The van der Waals surface area contributed by atoms with Crippen LogP contribution in [0.4, 0.5) is 10.2 Å². The maximum atomic E-state index is 14.3. The third kappa shape index (κ3) is 4.90. The van der Waals surface area contributed by atoms with Gasteiger partial charge in [0.05, 0.1) is 17.2 Å². The lowest BCUT2D eigenvalue weighted by molar-refractivity contribution is 0.243. The Kier molecular flexibility index (Phi) is 6.11. The first kappa shape index (κ1) is 22.3. The first-order valence-corrected chi connectivity index (χ1v) is 13.6. The zero-order valence-corrected chi connectivity index (χ0v) is 19.7. The summed E-state index contributed by atoms with van der Waals surface area (Å²) in [7, 11) is -2.88. The van der Waals surface area contributed by atoms with Gasteiger partial charge in [0, 0.05) is 48.9 Å². The van der Waals surface area contributed by atoms with Crippen molar-refractivity contribution in [3.05, 3.63) is 53.0 Å². The van der Waals surface area contributed by atoms with E-state index in [1.54, 1.807) is 12.3 Å². The molecule has 1 saturated carbocycles. The van der Waals surface area contributed by atoms with Gasteiger partial charge in [0.2, 0.25) is 0 Å². The van der Waals surface area contributed by atoms with E-state index in [-0.39, 0.29) is 22.7 Å². The van der Waals surface area contributed by atoms with Crippen molar-refractivity contribution in [2.75, 3.05) is 36.5 Å². The largest absolute Gasteiger partial charge is 0.368 e. The van der Waals surface area contributed by atoms with Crippen LogP contribution in [0.3, 0.4) is 0 Å². The molecule has 0 unspecified atom stereocenters. The Morgan fingerprint density at radius 2 is 1.94 bits per heavy atom. The normalized spacial score (nSPS) is 19.7. The van der Waals surface area contributed by atoms with Crippen molar-refractivity contribution >= 4 is 27.0 Å². The smallest absolute Gasteiger partial charge is 0.152 e. The summed E-state index contributed by atoms with van der Waals surface area (Å²) in [6.45, 7) is 2.35. The van der Waals surface area contributed by atoms with E-state index in [2.05, 4.69) is 30.4 Å². The van der Waals surface area contributed by atoms with Crippen LogP contribution in [-0.2, 0) is 21.8 Å². The summed E-state index contributed by atoms with van der Waals surface area (Å²) < 4.78 is 37.5. The second-order valence-corrected chi connectivity index (χ2v) is 12.1. The quantitative estimate of drug-likeness (QED) is 0.542. The predicted molar refractivity (Wildman–Crippen MR) is 125 cm³/mol. The molecule has 33 heavy (non-hydrogen) atoms. The molecular formula is C22H25FN6O2S2. The van der Waals surface area contributed by atoms with Gasteiger partial charge in [-0.2, -0.15) is 0 Å². The van der Waals surface area contributed by atoms with Crippen molar-refractivity contribution in [2.24, 2.45) is 0 Å². The molecule has 0 atom stereocenters. The van der Waals surface area contributed by atoms with E-state index in [9.17, 15) is 12.8 Å². The molecule has 0 bridgehead atoms. The van der Waals surface area contributed by atoms with Gasteiger partial charge in [-0.25, -0.2) is 17.8 Å². The van der Waals surface area contributed by atoms with Gasteiger partial charge < -0.3 is 5.32 Å². The van der Waals surface area contributed by atoms with Crippen LogP contribution in [0.5, 0.6) is 0 Å². The standard InChI is InChI=1S/C22H25FN6O2S2/c23-17-3-1-8-24-20(17)22(6-2-7-22)15-26-19-5-4-18(27-28-19)21-25-13-16(32-21)14-29-9-11-33(30,31)12-10-29/h1,3-5,8,13H,2,6-7,9-12,14-15H2,(H,26,28). The van der Waals surface area contributed by atoms with E-state index in [0.29, 0.717) is 43.4 Å². The summed E-state index contributed by atoms with van der Waals surface area (Å²) >= 11 is 1.54. The fraction of sp³-hybridized carbons (Fsp3) is 0.455. The number of pyridine rings is 1. The van der Waals surface area contributed by atoms with Crippen LogP contribution in [0.25, 0.3) is 10.7 Å². The Labute approximate surface area is 196 Å². The minimum atomic E-state index is -2.88. The lowest BCUT2D eigenvalue weighted by Gasteiger charge is -2.41. The molecule has 1 aliphatic heterocycles. The van der Waals surface area contributed by atoms with Crippen LogP contribution in [0.15, 0.2) is 36.7 Å². The molecule has 0 spiro atoms. The summed E-state index contributed by atoms with van der Waals surface area (Å²) in [6, 6.07) is 6.82. The number of hydrogen-bond acceptors (Lipinski definition) is 9. The van der Waals surface area contributed by atoms with Gasteiger partial charge in [0.25, 0.3) is 0 Å². The minimum absolute atomic E-state index is 0.215. The first-order chi connectivity index (χ1) is 15.9. The summed E-state index contributed by atoms with van der Waals surface area (Å²) in [4.78, 5) is 12.0. The third-order valence-electron chi connectivity index (χ3n) is 6.43. The highest BCUT2D eigenvalue weighted by molar-refractivity contribution is 7.91. The Balaban J connectivity index is 1.20.